The molecule has 0 atom stereocenters. The van der Waals surface area contributed by atoms with E-state index < -0.39 is 11.7 Å². The molecule has 0 bridgehead atoms. The number of hydrogen-bond acceptors (Lipinski definition) is 2. The Labute approximate surface area is 113 Å². The van der Waals surface area contributed by atoms with E-state index in [2.05, 4.69) is 10.1 Å². The van der Waals surface area contributed by atoms with Gasteiger partial charge in [-0.3, -0.25) is 0 Å². The van der Waals surface area contributed by atoms with Gasteiger partial charge in [0.1, 0.15) is 5.15 Å². The smallest absolute Gasteiger partial charge is 0.222 e. The van der Waals surface area contributed by atoms with E-state index in [0.29, 0.717) is 0 Å². The molecule has 0 amide bonds. The van der Waals surface area contributed by atoms with Crippen molar-refractivity contribution in [2.45, 2.75) is 6.18 Å². The van der Waals surface area contributed by atoms with E-state index >= 15 is 0 Å². The fourth-order valence-electron chi connectivity index (χ4n) is 1.19. The largest absolute Gasteiger partial charge is 0.416 e. The molecule has 0 aliphatic rings. The predicted octanol–water partition coefficient (Wildman–Crippen LogP) is 3.54. The lowest BCUT2D eigenvalue weighted by atomic mass is 10.2. The maximum atomic E-state index is 12.6. The van der Waals surface area contributed by atoms with Gasteiger partial charge in [-0.2, -0.15) is 18.3 Å². The zero-order valence-electron chi connectivity index (χ0n) is 8.04. The molecule has 0 unspecified atom stereocenters. The van der Waals surface area contributed by atoms with Crippen LogP contribution in [0.2, 0.25) is 5.15 Å². The highest BCUT2D eigenvalue weighted by Crippen LogP contribution is 2.31. The third-order valence-electron chi connectivity index (χ3n) is 1.89. The lowest BCUT2D eigenvalue weighted by Crippen LogP contribution is -2.08. The molecule has 3 nitrogen and oxygen atoms in total. The van der Waals surface area contributed by atoms with Crippen LogP contribution in [0.25, 0.3) is 5.82 Å². The Hall–Kier alpha value is -0.830. The van der Waals surface area contributed by atoms with E-state index in [0.717, 1.165) is 15.7 Å². The Kier molecular flexibility index (Phi) is 3.30. The summed E-state index contributed by atoms with van der Waals surface area (Å²) in [6.07, 6.45) is -1.39. The monoisotopic (exact) mass is 373 g/mol. The summed E-state index contributed by atoms with van der Waals surface area (Å²) in [7, 11) is 0. The minimum absolute atomic E-state index is 0.0349. The standard InChI is InChI=1S/C9H4ClF3IN3/c10-7-1-5(9(11,12)13)2-8(16-7)17-4-6(14)3-15-17/h1-4H. The zero-order valence-corrected chi connectivity index (χ0v) is 11.0. The lowest BCUT2D eigenvalue weighted by Gasteiger charge is -2.08. The van der Waals surface area contributed by atoms with Crippen LogP contribution in [0.15, 0.2) is 24.5 Å². The van der Waals surface area contributed by atoms with Gasteiger partial charge in [-0.25, -0.2) is 9.67 Å². The number of pyridine rings is 1. The quantitative estimate of drug-likeness (QED) is 0.565. The van der Waals surface area contributed by atoms with E-state index in [9.17, 15) is 13.2 Å². The maximum Gasteiger partial charge on any atom is 0.416 e. The first-order valence-electron chi connectivity index (χ1n) is 4.31. The van der Waals surface area contributed by atoms with Crippen LogP contribution in [-0.4, -0.2) is 14.8 Å². The third-order valence-corrected chi connectivity index (χ3v) is 2.64. The van der Waals surface area contributed by atoms with Gasteiger partial charge in [-0.15, -0.1) is 0 Å². The number of halogens is 5. The summed E-state index contributed by atoms with van der Waals surface area (Å²) in [6, 6.07) is 1.68. The summed E-state index contributed by atoms with van der Waals surface area (Å²) in [6.45, 7) is 0. The van der Waals surface area contributed by atoms with Crippen molar-refractivity contribution in [1.82, 2.24) is 14.8 Å². The average molecular weight is 374 g/mol. The lowest BCUT2D eigenvalue weighted by molar-refractivity contribution is -0.137. The number of hydrogen-bond donors (Lipinski definition) is 0. The molecule has 0 aromatic carbocycles. The SMILES string of the molecule is FC(F)(F)c1cc(Cl)nc(-n2cc(I)cn2)c1. The van der Waals surface area contributed by atoms with Crippen LogP contribution in [0.4, 0.5) is 13.2 Å². The summed E-state index contributed by atoms with van der Waals surface area (Å²) >= 11 is 7.55. The normalized spacial score (nSPS) is 11.8. The fraction of sp³-hybridized carbons (Fsp3) is 0.111. The van der Waals surface area contributed by atoms with Crippen molar-refractivity contribution < 1.29 is 13.2 Å². The van der Waals surface area contributed by atoms with E-state index in [4.69, 9.17) is 11.6 Å². The fourth-order valence-corrected chi connectivity index (χ4v) is 1.78. The predicted molar refractivity (Wildman–Crippen MR) is 64.1 cm³/mol. The van der Waals surface area contributed by atoms with Crippen LogP contribution >= 0.6 is 34.2 Å². The molecular formula is C9H4ClF3IN3. The highest BCUT2D eigenvalue weighted by Gasteiger charge is 2.31. The average Bonchev–Trinajstić information content (AvgIpc) is 2.62. The second-order valence-corrected chi connectivity index (χ2v) is 4.77. The Morgan fingerprint density at radius 3 is 2.53 bits per heavy atom. The van der Waals surface area contributed by atoms with Crippen LogP contribution in [0.1, 0.15) is 5.56 Å². The first kappa shape index (κ1) is 12.6. The molecule has 2 heterocycles. The number of rotatable bonds is 1. The topological polar surface area (TPSA) is 30.7 Å². The Balaban J connectivity index is 2.52. The molecule has 0 fully saturated rings. The summed E-state index contributed by atoms with van der Waals surface area (Å²) in [4.78, 5) is 3.79. The van der Waals surface area contributed by atoms with Crippen molar-refractivity contribution in [2.24, 2.45) is 0 Å². The summed E-state index contributed by atoms with van der Waals surface area (Å²) in [5, 5.41) is 3.65. The van der Waals surface area contributed by atoms with Crippen LogP contribution in [0, 0.1) is 3.57 Å². The van der Waals surface area contributed by atoms with Crippen molar-refractivity contribution in [3.8, 4) is 5.82 Å². The molecule has 2 aromatic rings. The highest BCUT2D eigenvalue weighted by molar-refractivity contribution is 14.1. The van der Waals surface area contributed by atoms with Crippen LogP contribution in [-0.2, 0) is 6.18 Å². The number of alkyl halides is 3. The van der Waals surface area contributed by atoms with Gasteiger partial charge in [0, 0.05) is 6.20 Å². The van der Waals surface area contributed by atoms with E-state index in [1.165, 1.54) is 10.9 Å². The molecule has 0 spiro atoms. The molecule has 0 saturated carbocycles. The summed E-state index contributed by atoms with van der Waals surface area (Å²) in [5.41, 5.74) is -0.849. The van der Waals surface area contributed by atoms with Crippen molar-refractivity contribution in [2.75, 3.05) is 0 Å². The van der Waals surface area contributed by atoms with Crippen molar-refractivity contribution in [3.05, 3.63) is 38.8 Å². The second kappa shape index (κ2) is 4.45. The van der Waals surface area contributed by atoms with Crippen LogP contribution < -0.4 is 0 Å². The molecule has 2 rings (SSSR count). The third kappa shape index (κ3) is 2.89. The molecule has 2 aromatic heterocycles. The van der Waals surface area contributed by atoms with Gasteiger partial charge in [0.15, 0.2) is 5.82 Å². The van der Waals surface area contributed by atoms with Gasteiger partial charge in [-0.1, -0.05) is 11.6 Å². The van der Waals surface area contributed by atoms with Crippen molar-refractivity contribution >= 4 is 34.2 Å². The van der Waals surface area contributed by atoms with Gasteiger partial charge < -0.3 is 0 Å². The molecular weight excluding hydrogens is 369 g/mol. The van der Waals surface area contributed by atoms with E-state index in [1.807, 2.05) is 22.6 Å². The zero-order chi connectivity index (χ0) is 12.6. The minimum Gasteiger partial charge on any atom is -0.222 e. The van der Waals surface area contributed by atoms with Gasteiger partial charge in [-0.05, 0) is 34.7 Å². The van der Waals surface area contributed by atoms with E-state index in [1.54, 1.807) is 6.20 Å². The van der Waals surface area contributed by atoms with Gasteiger partial charge in [0.25, 0.3) is 0 Å². The van der Waals surface area contributed by atoms with Crippen LogP contribution in [0.3, 0.4) is 0 Å². The summed E-state index contributed by atoms with van der Waals surface area (Å²) < 4.78 is 39.7. The van der Waals surface area contributed by atoms with E-state index in [-0.39, 0.29) is 11.0 Å². The molecule has 0 N–H and O–H groups in total. The summed E-state index contributed by atoms with van der Waals surface area (Å²) in [5.74, 6) is 0.0349. The number of nitrogens with zero attached hydrogens (tertiary/aromatic N) is 3. The molecule has 0 aliphatic heterocycles. The van der Waals surface area contributed by atoms with Crippen molar-refractivity contribution in [1.29, 1.82) is 0 Å². The number of aromatic nitrogens is 3. The molecule has 0 aliphatic carbocycles. The Morgan fingerprint density at radius 1 is 1.29 bits per heavy atom. The van der Waals surface area contributed by atoms with Gasteiger partial charge >= 0.3 is 6.18 Å². The van der Waals surface area contributed by atoms with Gasteiger partial charge in [0.05, 0.1) is 15.3 Å². The molecule has 90 valence electrons. The van der Waals surface area contributed by atoms with Crippen molar-refractivity contribution in [3.63, 3.8) is 0 Å². The first-order chi connectivity index (χ1) is 7.86. The Bertz CT molecular complexity index is 553. The maximum absolute atomic E-state index is 12.6. The highest BCUT2D eigenvalue weighted by atomic mass is 127. The molecule has 8 heteroatoms. The minimum atomic E-state index is -4.46. The molecule has 0 radical (unpaired) electrons. The second-order valence-electron chi connectivity index (χ2n) is 3.14. The van der Waals surface area contributed by atoms with Crippen LogP contribution in [0.5, 0.6) is 0 Å². The molecule has 0 saturated heterocycles. The Morgan fingerprint density at radius 2 is 2.00 bits per heavy atom. The molecule has 17 heavy (non-hydrogen) atoms. The first-order valence-corrected chi connectivity index (χ1v) is 5.77. The van der Waals surface area contributed by atoms with Gasteiger partial charge in [0.2, 0.25) is 0 Å².